The van der Waals surface area contributed by atoms with E-state index in [4.69, 9.17) is 16.3 Å². The third-order valence-corrected chi connectivity index (χ3v) is 8.03. The Labute approximate surface area is 186 Å². The topological polar surface area (TPSA) is 98.6 Å². The fourth-order valence-electron chi connectivity index (χ4n) is 4.50. The summed E-state index contributed by atoms with van der Waals surface area (Å²) in [6.07, 6.45) is 4.26. The summed E-state index contributed by atoms with van der Waals surface area (Å²) in [4.78, 5) is 24.5. The summed E-state index contributed by atoms with van der Waals surface area (Å²) < 4.78 is 34.8. The van der Waals surface area contributed by atoms with E-state index >= 15 is 0 Å². The Hall–Kier alpha value is -2.23. The van der Waals surface area contributed by atoms with Gasteiger partial charge in [-0.3, -0.25) is 9.59 Å². The number of sulfonamides is 1. The Morgan fingerprint density at radius 3 is 2.52 bits per heavy atom. The van der Waals surface area contributed by atoms with Gasteiger partial charge in [-0.25, -0.2) is 13.1 Å². The van der Waals surface area contributed by atoms with Crippen molar-refractivity contribution < 1.29 is 22.7 Å². The summed E-state index contributed by atoms with van der Waals surface area (Å²) in [6, 6.07) is 5.52. The number of nitrogens with zero attached hydrogens (tertiary/aromatic N) is 3. The number of ether oxygens (including phenoxy) is 1. The number of fused-ring (bicyclic) bond motifs is 4. The molecule has 8 nitrogen and oxygen atoms in total. The van der Waals surface area contributed by atoms with Crippen molar-refractivity contribution in [2.45, 2.75) is 69.0 Å². The lowest BCUT2D eigenvalue weighted by atomic mass is 9.86. The smallest absolute Gasteiger partial charge is 0.303 e. The highest BCUT2D eigenvalue weighted by Crippen LogP contribution is 2.44. The first-order valence-corrected chi connectivity index (χ1v) is 11.9. The van der Waals surface area contributed by atoms with Gasteiger partial charge in [-0.1, -0.05) is 11.6 Å². The summed E-state index contributed by atoms with van der Waals surface area (Å²) in [7, 11) is -3.75. The molecule has 4 rings (SSSR count). The maximum atomic E-state index is 13.5. The Kier molecular flexibility index (Phi) is 5.47. The first-order valence-electron chi connectivity index (χ1n) is 10.1. The zero-order valence-electron chi connectivity index (χ0n) is 17.5. The van der Waals surface area contributed by atoms with Crippen molar-refractivity contribution in [1.82, 2.24) is 14.1 Å². The van der Waals surface area contributed by atoms with Crippen molar-refractivity contribution in [3.05, 3.63) is 46.7 Å². The second kappa shape index (κ2) is 7.72. The van der Waals surface area contributed by atoms with Crippen LogP contribution in [0.1, 0.15) is 62.1 Å². The Morgan fingerprint density at radius 1 is 1.19 bits per heavy atom. The number of benzene rings is 1. The maximum absolute atomic E-state index is 13.5. The van der Waals surface area contributed by atoms with E-state index in [-0.39, 0.29) is 10.9 Å². The van der Waals surface area contributed by atoms with Gasteiger partial charge >= 0.3 is 5.97 Å². The average molecular weight is 466 g/mol. The van der Waals surface area contributed by atoms with E-state index in [1.807, 2.05) is 0 Å². The molecule has 2 aliphatic rings. The van der Waals surface area contributed by atoms with Crippen LogP contribution < -0.4 is 0 Å². The van der Waals surface area contributed by atoms with E-state index in [1.165, 1.54) is 37.6 Å². The fraction of sp³-hybridized carbons (Fsp3) is 0.476. The molecule has 2 bridgehead atoms. The second-order valence-electron chi connectivity index (χ2n) is 8.48. The van der Waals surface area contributed by atoms with Crippen LogP contribution >= 0.6 is 11.6 Å². The third kappa shape index (κ3) is 3.90. The lowest BCUT2D eigenvalue weighted by molar-refractivity contribution is -0.150. The molecule has 2 aromatic rings. The number of esters is 1. The fourth-order valence-corrected chi connectivity index (χ4v) is 6.47. The molecule has 2 unspecified atom stereocenters. The quantitative estimate of drug-likeness (QED) is 0.642. The first kappa shape index (κ1) is 22.0. The van der Waals surface area contributed by atoms with Gasteiger partial charge in [0.2, 0.25) is 10.0 Å². The summed E-state index contributed by atoms with van der Waals surface area (Å²) >= 11 is 5.93. The normalized spacial score (nSPS) is 21.4. The van der Waals surface area contributed by atoms with E-state index < -0.39 is 33.5 Å². The molecule has 3 heterocycles. The van der Waals surface area contributed by atoms with Gasteiger partial charge in [0.05, 0.1) is 16.6 Å². The molecule has 166 valence electrons. The van der Waals surface area contributed by atoms with E-state index in [0.717, 1.165) is 18.4 Å². The van der Waals surface area contributed by atoms with Gasteiger partial charge in [-0.2, -0.15) is 9.40 Å². The van der Waals surface area contributed by atoms with Gasteiger partial charge in [0, 0.05) is 36.2 Å². The lowest BCUT2D eigenvalue weighted by Gasteiger charge is -2.44. The number of aromatic nitrogens is 2. The van der Waals surface area contributed by atoms with Gasteiger partial charge in [0.25, 0.3) is 5.91 Å². The molecule has 0 spiro atoms. The number of hydrogen-bond acceptors (Lipinski definition) is 6. The summed E-state index contributed by atoms with van der Waals surface area (Å²) in [5.74, 6) is -1.05. The number of carbonyl (C=O) groups is 2. The first-order chi connectivity index (χ1) is 14.5. The van der Waals surface area contributed by atoms with Crippen LogP contribution in [0.2, 0.25) is 5.02 Å². The van der Waals surface area contributed by atoms with Crippen LogP contribution in [0.4, 0.5) is 0 Å². The highest BCUT2D eigenvalue weighted by molar-refractivity contribution is 7.89. The molecule has 1 aromatic carbocycles. The monoisotopic (exact) mass is 465 g/mol. The molecule has 2 aliphatic heterocycles. The van der Waals surface area contributed by atoms with Crippen molar-refractivity contribution in [2.24, 2.45) is 0 Å². The van der Waals surface area contributed by atoms with Crippen LogP contribution in [0.25, 0.3) is 0 Å². The van der Waals surface area contributed by atoms with E-state index in [1.54, 1.807) is 22.6 Å². The van der Waals surface area contributed by atoms with Crippen molar-refractivity contribution in [1.29, 1.82) is 0 Å². The SMILES string of the molecule is CC(=O)OC(C)(C)C(=O)n1cc2c(n1)CC1CCCC2N1S(=O)(=O)c1ccc(Cl)cc1. The Bertz CT molecular complexity index is 1140. The van der Waals surface area contributed by atoms with Crippen molar-refractivity contribution in [3.8, 4) is 0 Å². The maximum Gasteiger partial charge on any atom is 0.303 e. The predicted molar refractivity (Wildman–Crippen MR) is 113 cm³/mol. The van der Waals surface area contributed by atoms with E-state index in [2.05, 4.69) is 5.10 Å². The van der Waals surface area contributed by atoms with Gasteiger partial charge in [-0.05, 0) is 57.4 Å². The van der Waals surface area contributed by atoms with Crippen molar-refractivity contribution in [2.75, 3.05) is 0 Å². The number of hydrogen-bond donors (Lipinski definition) is 0. The minimum Gasteiger partial charge on any atom is -0.450 e. The standard InChI is InChI=1S/C21H24ClN3O5S/c1-13(26)30-21(2,3)20(27)24-12-17-18(23-24)11-15-5-4-6-19(17)25(15)31(28,29)16-9-7-14(22)8-10-16/h7-10,12,15,19H,4-6,11H2,1-3H3. The largest absolute Gasteiger partial charge is 0.450 e. The zero-order valence-corrected chi connectivity index (χ0v) is 19.1. The lowest BCUT2D eigenvalue weighted by Crippen LogP contribution is -2.49. The minimum atomic E-state index is -3.75. The van der Waals surface area contributed by atoms with Gasteiger partial charge in [-0.15, -0.1) is 0 Å². The second-order valence-corrected chi connectivity index (χ2v) is 10.8. The molecule has 0 amide bonds. The number of piperidine rings is 1. The Morgan fingerprint density at radius 2 is 1.87 bits per heavy atom. The predicted octanol–water partition coefficient (Wildman–Crippen LogP) is 3.36. The third-order valence-electron chi connectivity index (χ3n) is 5.80. The molecule has 0 radical (unpaired) electrons. The van der Waals surface area contributed by atoms with Crippen molar-refractivity contribution in [3.63, 3.8) is 0 Å². The summed E-state index contributed by atoms with van der Waals surface area (Å²) in [6.45, 7) is 4.26. The molecule has 1 fully saturated rings. The minimum absolute atomic E-state index is 0.191. The van der Waals surface area contributed by atoms with Crippen LogP contribution in [0.3, 0.4) is 0 Å². The zero-order chi connectivity index (χ0) is 22.6. The molecule has 0 N–H and O–H groups in total. The van der Waals surface area contributed by atoms with Crippen molar-refractivity contribution >= 4 is 33.5 Å². The van der Waals surface area contributed by atoms with Crippen LogP contribution in [0.5, 0.6) is 0 Å². The summed E-state index contributed by atoms with van der Waals surface area (Å²) in [5.41, 5.74) is 0.0506. The highest BCUT2D eigenvalue weighted by Gasteiger charge is 2.46. The summed E-state index contributed by atoms with van der Waals surface area (Å²) in [5, 5.41) is 4.91. The molecule has 1 aromatic heterocycles. The number of rotatable bonds is 4. The molecule has 31 heavy (non-hydrogen) atoms. The number of carbonyl (C=O) groups excluding carboxylic acids is 2. The molecule has 0 saturated carbocycles. The van der Waals surface area contributed by atoms with Crippen LogP contribution in [0.15, 0.2) is 35.4 Å². The van der Waals surface area contributed by atoms with Gasteiger partial charge < -0.3 is 4.74 Å². The molecular weight excluding hydrogens is 442 g/mol. The van der Waals surface area contributed by atoms with Gasteiger partial charge in [0.15, 0.2) is 5.60 Å². The van der Waals surface area contributed by atoms with Crippen LogP contribution in [0, 0.1) is 0 Å². The molecule has 1 saturated heterocycles. The molecular formula is C21H24ClN3O5S. The number of halogens is 1. The Balaban J connectivity index is 1.71. The van der Waals surface area contributed by atoms with Crippen LogP contribution in [-0.2, 0) is 26.0 Å². The highest BCUT2D eigenvalue weighted by atomic mass is 35.5. The van der Waals surface area contributed by atoms with Gasteiger partial charge in [0.1, 0.15) is 0 Å². The average Bonchev–Trinajstić information content (AvgIpc) is 3.10. The van der Waals surface area contributed by atoms with E-state index in [9.17, 15) is 18.0 Å². The van der Waals surface area contributed by atoms with E-state index in [0.29, 0.717) is 23.6 Å². The van der Waals surface area contributed by atoms with Crippen LogP contribution in [-0.4, -0.2) is 46.0 Å². The molecule has 0 aliphatic carbocycles. The molecule has 2 atom stereocenters. The molecule has 10 heteroatoms.